The minimum absolute atomic E-state index is 0.102. The van der Waals surface area contributed by atoms with E-state index in [0.29, 0.717) is 23.6 Å². The summed E-state index contributed by atoms with van der Waals surface area (Å²) < 4.78 is 5.20. The van der Waals surface area contributed by atoms with Crippen LogP contribution in [0, 0.1) is 13.8 Å². The van der Waals surface area contributed by atoms with Crippen molar-refractivity contribution in [2.75, 3.05) is 17.2 Å². The molecule has 0 unspecified atom stereocenters. The van der Waals surface area contributed by atoms with Crippen molar-refractivity contribution in [3.05, 3.63) is 83.3 Å². The largest absolute Gasteiger partial charge is 0.467 e. The molecule has 0 aliphatic rings. The molecule has 0 aliphatic carbocycles. The molecule has 0 fully saturated rings. The number of rotatable bonds is 7. The van der Waals surface area contributed by atoms with Gasteiger partial charge in [0.2, 0.25) is 5.91 Å². The first-order chi connectivity index (χ1) is 13.5. The van der Waals surface area contributed by atoms with Gasteiger partial charge in [0.05, 0.1) is 19.4 Å². The lowest BCUT2D eigenvalue weighted by atomic mass is 10.1. The fourth-order valence-electron chi connectivity index (χ4n) is 2.83. The molecule has 6 heteroatoms. The van der Waals surface area contributed by atoms with E-state index in [0.717, 1.165) is 16.8 Å². The molecule has 2 amide bonds. The van der Waals surface area contributed by atoms with Crippen LogP contribution in [0.5, 0.6) is 0 Å². The Hall–Kier alpha value is -3.54. The molecule has 0 aliphatic heterocycles. The number of carbonyl (C=O) groups is 2. The van der Waals surface area contributed by atoms with Gasteiger partial charge in [-0.1, -0.05) is 24.3 Å². The third kappa shape index (κ3) is 5.01. The van der Waals surface area contributed by atoms with Crippen molar-refractivity contribution < 1.29 is 14.0 Å². The lowest BCUT2D eigenvalue weighted by Crippen LogP contribution is -2.24. The minimum atomic E-state index is -0.208. The number of aryl methyl sites for hydroxylation is 2. The first-order valence-electron chi connectivity index (χ1n) is 9.03. The maximum absolute atomic E-state index is 12.3. The van der Waals surface area contributed by atoms with Gasteiger partial charge < -0.3 is 20.4 Å². The maximum Gasteiger partial charge on any atom is 0.251 e. The number of hydrogen-bond donors (Lipinski definition) is 3. The van der Waals surface area contributed by atoms with Crippen LogP contribution in [-0.4, -0.2) is 18.4 Å². The second-order valence-corrected chi connectivity index (χ2v) is 6.51. The van der Waals surface area contributed by atoms with Gasteiger partial charge in [-0.15, -0.1) is 0 Å². The molecule has 144 valence electrons. The summed E-state index contributed by atoms with van der Waals surface area (Å²) in [6.07, 6.45) is 1.56. The molecule has 0 spiro atoms. The van der Waals surface area contributed by atoms with Gasteiger partial charge in [-0.05, 0) is 55.3 Å². The van der Waals surface area contributed by atoms with Gasteiger partial charge >= 0.3 is 0 Å². The quantitative estimate of drug-likeness (QED) is 0.583. The summed E-state index contributed by atoms with van der Waals surface area (Å²) >= 11 is 0. The number of carbonyl (C=O) groups excluding carboxylic acids is 2. The molecular formula is C22H23N3O3. The van der Waals surface area contributed by atoms with Crippen LogP contribution < -0.4 is 16.0 Å². The minimum Gasteiger partial charge on any atom is -0.467 e. The molecule has 3 aromatic rings. The summed E-state index contributed by atoms with van der Waals surface area (Å²) in [6, 6.07) is 16.5. The summed E-state index contributed by atoms with van der Waals surface area (Å²) in [4.78, 5) is 24.6. The Labute approximate surface area is 164 Å². The van der Waals surface area contributed by atoms with Gasteiger partial charge in [0.15, 0.2) is 0 Å². The summed E-state index contributed by atoms with van der Waals surface area (Å²) in [6.45, 7) is 4.34. The monoisotopic (exact) mass is 377 g/mol. The molecule has 0 radical (unpaired) electrons. The van der Waals surface area contributed by atoms with E-state index in [-0.39, 0.29) is 18.4 Å². The number of para-hydroxylation sites is 1. The lowest BCUT2D eigenvalue weighted by molar-refractivity contribution is -0.114. The van der Waals surface area contributed by atoms with Crippen LogP contribution in [0.25, 0.3) is 0 Å². The molecule has 6 nitrogen and oxygen atoms in total. The predicted octanol–water partition coefficient (Wildman–Crippen LogP) is 3.88. The smallest absolute Gasteiger partial charge is 0.251 e. The highest BCUT2D eigenvalue weighted by atomic mass is 16.3. The van der Waals surface area contributed by atoms with Gasteiger partial charge in [-0.2, -0.15) is 0 Å². The second-order valence-electron chi connectivity index (χ2n) is 6.51. The van der Waals surface area contributed by atoms with Gasteiger partial charge in [0, 0.05) is 16.9 Å². The van der Waals surface area contributed by atoms with E-state index >= 15 is 0 Å². The number of furan rings is 1. The van der Waals surface area contributed by atoms with Crippen LogP contribution in [0.2, 0.25) is 0 Å². The number of benzene rings is 2. The molecule has 0 saturated heterocycles. The molecule has 3 rings (SSSR count). The zero-order valence-electron chi connectivity index (χ0n) is 15.9. The average Bonchev–Trinajstić information content (AvgIpc) is 3.21. The van der Waals surface area contributed by atoms with E-state index in [1.54, 1.807) is 36.6 Å². The SMILES string of the molecule is Cc1cccc(C)c1NC(=O)CNc1cccc(C(=O)NCc2ccco2)c1. The van der Waals surface area contributed by atoms with E-state index < -0.39 is 0 Å². The van der Waals surface area contributed by atoms with Crippen LogP contribution in [0.4, 0.5) is 11.4 Å². The van der Waals surface area contributed by atoms with Gasteiger partial charge in [0.25, 0.3) is 5.91 Å². The normalized spacial score (nSPS) is 10.4. The Morgan fingerprint density at radius 2 is 1.71 bits per heavy atom. The maximum atomic E-state index is 12.3. The Kier molecular flexibility index (Phi) is 6.11. The number of anilines is 2. The van der Waals surface area contributed by atoms with E-state index in [1.807, 2.05) is 38.1 Å². The Balaban J connectivity index is 1.55. The first kappa shape index (κ1) is 19.2. The highest BCUT2D eigenvalue weighted by molar-refractivity contribution is 5.96. The van der Waals surface area contributed by atoms with Crippen LogP contribution >= 0.6 is 0 Å². The van der Waals surface area contributed by atoms with Crippen LogP contribution in [0.15, 0.2) is 65.3 Å². The molecule has 0 atom stereocenters. The Morgan fingerprint density at radius 3 is 2.43 bits per heavy atom. The summed E-state index contributed by atoms with van der Waals surface area (Å²) in [7, 11) is 0. The highest BCUT2D eigenvalue weighted by Crippen LogP contribution is 2.19. The number of nitrogens with one attached hydrogen (secondary N) is 3. The summed E-state index contributed by atoms with van der Waals surface area (Å²) in [5.74, 6) is 0.330. The summed E-state index contributed by atoms with van der Waals surface area (Å²) in [5, 5.41) is 8.79. The third-order valence-electron chi connectivity index (χ3n) is 4.33. The van der Waals surface area contributed by atoms with E-state index in [2.05, 4.69) is 16.0 Å². The van der Waals surface area contributed by atoms with Gasteiger partial charge in [-0.25, -0.2) is 0 Å². The van der Waals surface area contributed by atoms with Crippen molar-refractivity contribution in [3.63, 3.8) is 0 Å². The second kappa shape index (κ2) is 8.90. The Morgan fingerprint density at radius 1 is 0.964 bits per heavy atom. The van der Waals surface area contributed by atoms with Gasteiger partial charge in [0.1, 0.15) is 5.76 Å². The standard InChI is InChI=1S/C22H23N3O3/c1-15-6-3-7-16(2)21(15)25-20(26)14-23-18-9-4-8-17(12-18)22(27)24-13-19-10-5-11-28-19/h3-12,23H,13-14H2,1-2H3,(H,24,27)(H,25,26). The number of amides is 2. The Bertz CT molecular complexity index is 945. The zero-order chi connectivity index (χ0) is 19.9. The molecular weight excluding hydrogens is 354 g/mol. The highest BCUT2D eigenvalue weighted by Gasteiger charge is 2.09. The predicted molar refractivity (Wildman–Crippen MR) is 109 cm³/mol. The molecule has 0 bridgehead atoms. The molecule has 3 N–H and O–H groups in total. The van der Waals surface area contributed by atoms with Crippen molar-refractivity contribution >= 4 is 23.2 Å². The van der Waals surface area contributed by atoms with Crippen LogP contribution in [0.1, 0.15) is 27.2 Å². The molecule has 1 aromatic heterocycles. The zero-order valence-corrected chi connectivity index (χ0v) is 15.9. The van der Waals surface area contributed by atoms with Crippen molar-refractivity contribution in [1.82, 2.24) is 5.32 Å². The van der Waals surface area contributed by atoms with Crippen molar-refractivity contribution in [1.29, 1.82) is 0 Å². The molecule has 0 saturated carbocycles. The third-order valence-corrected chi connectivity index (χ3v) is 4.33. The van der Waals surface area contributed by atoms with Crippen LogP contribution in [0.3, 0.4) is 0 Å². The average molecular weight is 377 g/mol. The molecule has 2 aromatic carbocycles. The number of hydrogen-bond acceptors (Lipinski definition) is 4. The first-order valence-corrected chi connectivity index (χ1v) is 9.03. The van der Waals surface area contributed by atoms with Gasteiger partial charge in [-0.3, -0.25) is 9.59 Å². The lowest BCUT2D eigenvalue weighted by Gasteiger charge is -2.13. The fraction of sp³-hybridized carbons (Fsp3) is 0.182. The van der Waals surface area contributed by atoms with Crippen molar-refractivity contribution in [3.8, 4) is 0 Å². The summed E-state index contributed by atoms with van der Waals surface area (Å²) in [5.41, 5.74) is 4.07. The van der Waals surface area contributed by atoms with E-state index in [9.17, 15) is 9.59 Å². The van der Waals surface area contributed by atoms with Crippen molar-refractivity contribution in [2.45, 2.75) is 20.4 Å². The fourth-order valence-corrected chi connectivity index (χ4v) is 2.83. The molecule has 1 heterocycles. The van der Waals surface area contributed by atoms with Crippen molar-refractivity contribution in [2.24, 2.45) is 0 Å². The van der Waals surface area contributed by atoms with Crippen LogP contribution in [-0.2, 0) is 11.3 Å². The molecule has 28 heavy (non-hydrogen) atoms. The topological polar surface area (TPSA) is 83.4 Å². The van der Waals surface area contributed by atoms with E-state index in [1.165, 1.54) is 0 Å². The van der Waals surface area contributed by atoms with E-state index in [4.69, 9.17) is 4.42 Å².